The van der Waals surface area contributed by atoms with Crippen LogP contribution in [-0.4, -0.2) is 21.4 Å². The van der Waals surface area contributed by atoms with Gasteiger partial charge in [-0.1, -0.05) is 6.92 Å². The van der Waals surface area contributed by atoms with E-state index in [2.05, 4.69) is 0 Å². The number of benzene rings is 1. The van der Waals surface area contributed by atoms with E-state index < -0.39 is 6.10 Å². The molecule has 1 N–H and O–H groups in total. The van der Waals surface area contributed by atoms with E-state index in [1.54, 1.807) is 13.0 Å². The summed E-state index contributed by atoms with van der Waals surface area (Å²) >= 11 is 3.36. The first-order valence-electron chi connectivity index (χ1n) is 4.70. The zero-order valence-electron chi connectivity index (χ0n) is 8.88. The number of thioether (sulfide) groups is 1. The standard InChI is InChI=1S/C10H12INO3S/c1-6(13)7(2)16-10-4-3-8(11)5-9(10)12(14)15/h3-7,13H,1-2H3. The monoisotopic (exact) mass is 353 g/mol. The molecule has 0 aliphatic rings. The Morgan fingerprint density at radius 3 is 2.62 bits per heavy atom. The molecule has 6 heteroatoms. The molecule has 0 fully saturated rings. The van der Waals surface area contributed by atoms with Crippen LogP contribution in [0.25, 0.3) is 0 Å². The number of nitrogens with zero attached hydrogens (tertiary/aromatic N) is 1. The third-order valence-corrected chi connectivity index (χ3v) is 4.15. The first-order chi connectivity index (χ1) is 7.41. The van der Waals surface area contributed by atoms with Gasteiger partial charge in [0, 0.05) is 14.9 Å². The number of hydrogen-bond donors (Lipinski definition) is 1. The molecule has 2 unspecified atom stereocenters. The number of halogens is 1. The van der Waals surface area contributed by atoms with Crippen LogP contribution in [0, 0.1) is 13.7 Å². The maximum atomic E-state index is 10.9. The molecule has 0 bridgehead atoms. The van der Waals surface area contributed by atoms with Crippen LogP contribution < -0.4 is 0 Å². The molecule has 0 heterocycles. The van der Waals surface area contributed by atoms with E-state index in [1.165, 1.54) is 17.8 Å². The van der Waals surface area contributed by atoms with Crippen molar-refractivity contribution in [2.75, 3.05) is 0 Å². The summed E-state index contributed by atoms with van der Waals surface area (Å²) in [6, 6.07) is 5.09. The molecule has 0 radical (unpaired) electrons. The van der Waals surface area contributed by atoms with Crippen molar-refractivity contribution >= 4 is 40.0 Å². The predicted molar refractivity (Wildman–Crippen MR) is 72.8 cm³/mol. The van der Waals surface area contributed by atoms with Crippen molar-refractivity contribution < 1.29 is 10.0 Å². The smallest absolute Gasteiger partial charge is 0.283 e. The Kier molecular flexibility index (Phi) is 5.00. The van der Waals surface area contributed by atoms with Crippen LogP contribution in [0.4, 0.5) is 5.69 Å². The second kappa shape index (κ2) is 5.83. The molecule has 0 aliphatic heterocycles. The van der Waals surface area contributed by atoms with E-state index >= 15 is 0 Å². The predicted octanol–water partition coefficient (Wildman–Crippen LogP) is 3.06. The minimum absolute atomic E-state index is 0.0706. The molecule has 88 valence electrons. The minimum atomic E-state index is -0.496. The van der Waals surface area contributed by atoms with E-state index in [9.17, 15) is 15.2 Å². The van der Waals surface area contributed by atoms with E-state index in [4.69, 9.17) is 0 Å². The highest BCUT2D eigenvalue weighted by molar-refractivity contribution is 14.1. The fraction of sp³-hybridized carbons (Fsp3) is 0.400. The fourth-order valence-corrected chi connectivity index (χ4v) is 2.50. The van der Waals surface area contributed by atoms with Gasteiger partial charge in [-0.05, 0) is 41.6 Å². The Balaban J connectivity index is 2.99. The van der Waals surface area contributed by atoms with E-state index in [-0.39, 0.29) is 15.9 Å². The summed E-state index contributed by atoms with van der Waals surface area (Å²) in [5.74, 6) is 0. The lowest BCUT2D eigenvalue weighted by atomic mass is 10.3. The van der Waals surface area contributed by atoms with E-state index in [0.29, 0.717) is 4.90 Å². The molecule has 2 atom stereocenters. The Morgan fingerprint density at radius 1 is 1.50 bits per heavy atom. The van der Waals surface area contributed by atoms with E-state index in [0.717, 1.165) is 3.57 Å². The summed E-state index contributed by atoms with van der Waals surface area (Å²) in [4.78, 5) is 11.1. The van der Waals surface area contributed by atoms with Gasteiger partial charge in [0.1, 0.15) is 0 Å². The molecule has 1 aromatic rings. The number of hydrogen-bond acceptors (Lipinski definition) is 4. The Bertz CT molecular complexity index is 398. The summed E-state index contributed by atoms with van der Waals surface area (Å²) in [7, 11) is 0. The van der Waals surface area contributed by atoms with Crippen molar-refractivity contribution in [3.63, 3.8) is 0 Å². The van der Waals surface area contributed by atoms with E-state index in [1.807, 2.05) is 35.6 Å². The summed E-state index contributed by atoms with van der Waals surface area (Å²) in [6.45, 7) is 3.52. The third kappa shape index (κ3) is 3.60. The van der Waals surface area contributed by atoms with Crippen LogP contribution in [0.2, 0.25) is 0 Å². The lowest BCUT2D eigenvalue weighted by molar-refractivity contribution is -0.387. The zero-order chi connectivity index (χ0) is 12.3. The molecule has 0 spiro atoms. The molecule has 0 saturated heterocycles. The van der Waals surface area contributed by atoms with Gasteiger partial charge in [-0.3, -0.25) is 10.1 Å². The van der Waals surface area contributed by atoms with Gasteiger partial charge >= 0.3 is 0 Å². The van der Waals surface area contributed by atoms with Crippen molar-refractivity contribution in [1.82, 2.24) is 0 Å². The summed E-state index contributed by atoms with van der Waals surface area (Å²) in [6.07, 6.45) is -0.496. The van der Waals surface area contributed by atoms with Gasteiger partial charge in [-0.2, -0.15) is 0 Å². The maximum absolute atomic E-state index is 10.9. The highest BCUT2D eigenvalue weighted by Gasteiger charge is 2.19. The van der Waals surface area contributed by atoms with Gasteiger partial charge in [0.25, 0.3) is 5.69 Å². The van der Waals surface area contributed by atoms with Gasteiger partial charge in [0.15, 0.2) is 0 Å². The van der Waals surface area contributed by atoms with Gasteiger partial charge in [-0.15, -0.1) is 11.8 Å². The van der Waals surface area contributed by atoms with Crippen LogP contribution in [0.5, 0.6) is 0 Å². The Labute approximate surface area is 112 Å². The summed E-state index contributed by atoms with van der Waals surface area (Å²) in [5.41, 5.74) is 0.101. The van der Waals surface area contributed by atoms with Gasteiger partial charge in [0.05, 0.1) is 15.9 Å². The van der Waals surface area contributed by atoms with Gasteiger partial charge in [-0.25, -0.2) is 0 Å². The second-order valence-electron chi connectivity index (χ2n) is 3.43. The molecule has 0 saturated carbocycles. The minimum Gasteiger partial charge on any atom is -0.392 e. The Hall–Kier alpha value is -0.340. The SMILES string of the molecule is CC(O)C(C)Sc1ccc(I)cc1[N+](=O)[O-]. The lowest BCUT2D eigenvalue weighted by Crippen LogP contribution is -2.15. The van der Waals surface area contributed by atoms with Crippen molar-refractivity contribution in [2.24, 2.45) is 0 Å². The Morgan fingerprint density at radius 2 is 2.12 bits per heavy atom. The summed E-state index contributed by atoms with van der Waals surface area (Å²) in [5, 5.41) is 20.2. The molecule has 16 heavy (non-hydrogen) atoms. The molecule has 0 aromatic heterocycles. The molecular weight excluding hydrogens is 341 g/mol. The molecule has 1 rings (SSSR count). The molecule has 4 nitrogen and oxygen atoms in total. The first kappa shape index (κ1) is 13.7. The van der Waals surface area contributed by atoms with Crippen LogP contribution in [0.3, 0.4) is 0 Å². The van der Waals surface area contributed by atoms with Gasteiger partial charge < -0.3 is 5.11 Å². The highest BCUT2D eigenvalue weighted by atomic mass is 127. The number of aliphatic hydroxyl groups excluding tert-OH is 1. The van der Waals surface area contributed by atoms with Crippen molar-refractivity contribution in [3.8, 4) is 0 Å². The van der Waals surface area contributed by atoms with Crippen LogP contribution >= 0.6 is 34.4 Å². The van der Waals surface area contributed by atoms with Crippen LogP contribution in [0.1, 0.15) is 13.8 Å². The molecular formula is C10H12INO3S. The average molecular weight is 353 g/mol. The van der Waals surface area contributed by atoms with Crippen molar-refractivity contribution in [3.05, 3.63) is 31.9 Å². The number of nitro groups is 1. The quantitative estimate of drug-likeness (QED) is 0.391. The maximum Gasteiger partial charge on any atom is 0.283 e. The zero-order valence-corrected chi connectivity index (χ0v) is 11.9. The topological polar surface area (TPSA) is 63.4 Å². The summed E-state index contributed by atoms with van der Waals surface area (Å²) < 4.78 is 0.832. The highest BCUT2D eigenvalue weighted by Crippen LogP contribution is 2.34. The first-order valence-corrected chi connectivity index (χ1v) is 6.66. The normalized spacial score (nSPS) is 14.5. The second-order valence-corrected chi connectivity index (χ2v) is 6.10. The van der Waals surface area contributed by atoms with Gasteiger partial charge in [0.2, 0.25) is 0 Å². The fourth-order valence-electron chi connectivity index (χ4n) is 1.03. The van der Waals surface area contributed by atoms with Crippen LogP contribution in [-0.2, 0) is 0 Å². The van der Waals surface area contributed by atoms with Crippen LogP contribution in [0.15, 0.2) is 23.1 Å². The number of nitro benzene ring substituents is 1. The lowest BCUT2D eigenvalue weighted by Gasteiger charge is -2.13. The van der Waals surface area contributed by atoms with Crippen molar-refractivity contribution in [2.45, 2.75) is 30.1 Å². The number of rotatable bonds is 4. The molecule has 0 aliphatic carbocycles. The molecule has 1 aromatic carbocycles. The molecule has 0 amide bonds. The average Bonchev–Trinajstić information content (AvgIpc) is 2.20. The largest absolute Gasteiger partial charge is 0.392 e. The van der Waals surface area contributed by atoms with Crippen molar-refractivity contribution in [1.29, 1.82) is 0 Å². The third-order valence-electron chi connectivity index (χ3n) is 2.11. The number of aliphatic hydroxyl groups is 1.